The number of allylic oxidation sites excluding steroid dienone is 4. The molecule has 0 heterocycles. The molecule has 0 bridgehead atoms. The molecule has 0 aromatic rings. The summed E-state index contributed by atoms with van der Waals surface area (Å²) in [6.07, 6.45) is 32.3. The maximum Gasteiger partial charge on any atom is 0.0911 e. The lowest BCUT2D eigenvalue weighted by Crippen LogP contribution is -2.52. The van der Waals surface area contributed by atoms with E-state index >= 15 is 0 Å². The molecule has 1 heteroatoms. The van der Waals surface area contributed by atoms with E-state index in [0.29, 0.717) is 0 Å². The number of hydrogen-bond donors (Lipinski definition) is 0. The van der Waals surface area contributed by atoms with Crippen LogP contribution in [0.2, 0.25) is 16.6 Å². The molecular formula is C23H38Si. The molecule has 24 heavy (non-hydrogen) atoms. The monoisotopic (exact) mass is 342 g/mol. The van der Waals surface area contributed by atoms with Crippen molar-refractivity contribution in [1.82, 2.24) is 0 Å². The average molecular weight is 343 g/mol. The third kappa shape index (κ3) is 3.11. The van der Waals surface area contributed by atoms with Crippen LogP contribution in [0.5, 0.6) is 0 Å². The Labute approximate surface area is 151 Å². The molecule has 4 aliphatic rings. The molecule has 3 saturated carbocycles. The lowest BCUT2D eigenvalue weighted by atomic mass is 9.98. The van der Waals surface area contributed by atoms with E-state index in [2.05, 4.69) is 18.2 Å². The molecule has 0 saturated heterocycles. The first kappa shape index (κ1) is 17.1. The van der Waals surface area contributed by atoms with Crippen molar-refractivity contribution in [2.75, 3.05) is 0 Å². The van der Waals surface area contributed by atoms with Gasteiger partial charge in [0.2, 0.25) is 0 Å². The molecule has 0 aromatic carbocycles. The Balaban J connectivity index is 1.73. The van der Waals surface area contributed by atoms with Gasteiger partial charge in [-0.2, -0.15) is 0 Å². The van der Waals surface area contributed by atoms with E-state index in [4.69, 9.17) is 0 Å². The van der Waals surface area contributed by atoms with Gasteiger partial charge in [0, 0.05) is 0 Å². The standard InChI is InChI=1S/C23H38Si/c1-4-12-20(13-5-1)24(23-18-10-11-19-23,21-14-6-2-7-15-21)22-16-8-3-9-17-22/h10-11,18,20-22H,1-9,12-17,19H2. The molecule has 134 valence electrons. The molecule has 4 aliphatic carbocycles. The third-order valence-corrected chi connectivity index (χ3v) is 15.4. The van der Waals surface area contributed by atoms with Crippen LogP contribution in [0.15, 0.2) is 23.4 Å². The van der Waals surface area contributed by atoms with Gasteiger partial charge in [-0.3, -0.25) is 0 Å². The highest BCUT2D eigenvalue weighted by atomic mass is 28.3. The Hall–Kier alpha value is -0.303. The Kier molecular flexibility index (Phi) is 5.66. The van der Waals surface area contributed by atoms with Gasteiger partial charge in [0.25, 0.3) is 0 Å². The summed E-state index contributed by atoms with van der Waals surface area (Å²) in [6.45, 7) is 0. The Morgan fingerprint density at radius 1 is 0.583 bits per heavy atom. The van der Waals surface area contributed by atoms with Crippen molar-refractivity contribution in [3.05, 3.63) is 23.4 Å². The summed E-state index contributed by atoms with van der Waals surface area (Å²) in [5.74, 6) is 0. The second kappa shape index (κ2) is 7.93. The van der Waals surface area contributed by atoms with Crippen LogP contribution >= 0.6 is 0 Å². The van der Waals surface area contributed by atoms with Crippen molar-refractivity contribution >= 4 is 8.07 Å². The smallest absolute Gasteiger partial charge is 0.0809 e. The van der Waals surface area contributed by atoms with Crippen LogP contribution in [0, 0.1) is 0 Å². The summed E-state index contributed by atoms with van der Waals surface area (Å²) >= 11 is 0. The minimum absolute atomic E-state index is 1.14. The van der Waals surface area contributed by atoms with E-state index in [0.717, 1.165) is 16.6 Å². The Morgan fingerprint density at radius 2 is 1.00 bits per heavy atom. The highest BCUT2D eigenvalue weighted by Gasteiger charge is 2.54. The predicted octanol–water partition coefficient (Wildman–Crippen LogP) is 7.86. The van der Waals surface area contributed by atoms with E-state index in [-0.39, 0.29) is 0 Å². The fraction of sp³-hybridized carbons (Fsp3) is 0.826. The molecule has 4 rings (SSSR count). The fourth-order valence-corrected chi connectivity index (χ4v) is 15.8. The maximum atomic E-state index is 2.64. The molecular weight excluding hydrogens is 304 g/mol. The minimum Gasteiger partial charge on any atom is -0.0809 e. The van der Waals surface area contributed by atoms with Crippen molar-refractivity contribution in [1.29, 1.82) is 0 Å². The molecule has 0 aliphatic heterocycles. The minimum atomic E-state index is -1.36. The van der Waals surface area contributed by atoms with Crippen LogP contribution in [0.3, 0.4) is 0 Å². The summed E-state index contributed by atoms with van der Waals surface area (Å²) in [6, 6.07) is 0. The van der Waals surface area contributed by atoms with E-state index < -0.39 is 8.07 Å². The molecule has 0 atom stereocenters. The summed E-state index contributed by atoms with van der Waals surface area (Å²) in [4.78, 5) is 0. The van der Waals surface area contributed by atoms with E-state index in [9.17, 15) is 0 Å². The van der Waals surface area contributed by atoms with Crippen LogP contribution in [0.4, 0.5) is 0 Å². The average Bonchev–Trinajstić information content (AvgIpc) is 3.20. The summed E-state index contributed by atoms with van der Waals surface area (Å²) in [5.41, 5.74) is 3.43. The molecule has 0 unspecified atom stereocenters. The van der Waals surface area contributed by atoms with Crippen molar-refractivity contribution in [2.45, 2.75) is 119 Å². The van der Waals surface area contributed by atoms with Crippen LogP contribution in [0.25, 0.3) is 0 Å². The first-order valence-electron chi connectivity index (χ1n) is 11.3. The fourth-order valence-electron chi connectivity index (χ4n) is 7.30. The van der Waals surface area contributed by atoms with Crippen LogP contribution in [0.1, 0.15) is 103 Å². The first-order valence-corrected chi connectivity index (χ1v) is 13.5. The molecule has 3 fully saturated rings. The van der Waals surface area contributed by atoms with Crippen molar-refractivity contribution < 1.29 is 0 Å². The first-order chi connectivity index (χ1) is 11.9. The number of hydrogen-bond acceptors (Lipinski definition) is 0. The van der Waals surface area contributed by atoms with Gasteiger partial charge in [-0.05, 0) is 23.0 Å². The maximum absolute atomic E-state index is 2.64. The van der Waals surface area contributed by atoms with E-state index in [1.54, 1.807) is 77.0 Å². The zero-order valence-electron chi connectivity index (χ0n) is 15.8. The lowest BCUT2D eigenvalue weighted by molar-refractivity contribution is 0.418. The zero-order chi connectivity index (χ0) is 16.2. The molecule has 0 amide bonds. The lowest BCUT2D eigenvalue weighted by Gasteiger charge is -2.54. The summed E-state index contributed by atoms with van der Waals surface area (Å²) < 4.78 is 0. The van der Waals surface area contributed by atoms with Gasteiger partial charge in [-0.1, -0.05) is 120 Å². The highest BCUT2D eigenvalue weighted by Crippen LogP contribution is 2.60. The molecule has 0 radical (unpaired) electrons. The van der Waals surface area contributed by atoms with Gasteiger partial charge in [0.15, 0.2) is 0 Å². The third-order valence-electron chi connectivity index (χ3n) is 8.17. The van der Waals surface area contributed by atoms with Gasteiger partial charge >= 0.3 is 0 Å². The highest BCUT2D eigenvalue weighted by molar-refractivity contribution is 6.90. The normalized spacial score (nSPS) is 28.2. The molecule has 0 nitrogen and oxygen atoms in total. The van der Waals surface area contributed by atoms with Crippen molar-refractivity contribution in [3.8, 4) is 0 Å². The quantitative estimate of drug-likeness (QED) is 0.456. The topological polar surface area (TPSA) is 0 Å². The second-order valence-electron chi connectivity index (χ2n) is 9.26. The Morgan fingerprint density at radius 3 is 1.33 bits per heavy atom. The number of rotatable bonds is 4. The molecule has 0 N–H and O–H groups in total. The van der Waals surface area contributed by atoms with Gasteiger partial charge in [0.1, 0.15) is 0 Å². The van der Waals surface area contributed by atoms with Crippen LogP contribution in [-0.4, -0.2) is 8.07 Å². The van der Waals surface area contributed by atoms with Gasteiger partial charge in [-0.25, -0.2) is 0 Å². The van der Waals surface area contributed by atoms with Gasteiger partial charge < -0.3 is 0 Å². The Bertz CT molecular complexity index is 411. The molecule has 0 aromatic heterocycles. The molecule has 0 spiro atoms. The zero-order valence-corrected chi connectivity index (χ0v) is 16.8. The second-order valence-corrected chi connectivity index (χ2v) is 14.2. The van der Waals surface area contributed by atoms with Gasteiger partial charge in [0.05, 0.1) is 8.07 Å². The van der Waals surface area contributed by atoms with Crippen molar-refractivity contribution in [3.63, 3.8) is 0 Å². The summed E-state index contributed by atoms with van der Waals surface area (Å²) in [7, 11) is -1.36. The predicted molar refractivity (Wildman–Crippen MR) is 108 cm³/mol. The van der Waals surface area contributed by atoms with E-state index in [1.807, 2.05) is 5.20 Å². The van der Waals surface area contributed by atoms with E-state index in [1.165, 1.54) is 25.7 Å². The summed E-state index contributed by atoms with van der Waals surface area (Å²) in [5, 5.41) is 2.02. The van der Waals surface area contributed by atoms with Crippen LogP contribution in [-0.2, 0) is 0 Å². The SMILES string of the molecule is C1=CCC([Si](C2CCCCC2)(C2CCCCC2)C2CCCCC2)=C1. The van der Waals surface area contributed by atoms with Gasteiger partial charge in [-0.15, -0.1) is 0 Å². The van der Waals surface area contributed by atoms with Crippen molar-refractivity contribution in [2.24, 2.45) is 0 Å². The van der Waals surface area contributed by atoms with Crippen LogP contribution < -0.4 is 0 Å². The largest absolute Gasteiger partial charge is 0.0911 e.